The van der Waals surface area contributed by atoms with Gasteiger partial charge in [0.15, 0.2) is 5.65 Å². The van der Waals surface area contributed by atoms with Gasteiger partial charge in [0.25, 0.3) is 5.88 Å². The topological polar surface area (TPSA) is 95.6 Å². The molecular formula is C18H17BrN8O. The fraction of sp³-hybridized carbons (Fsp3) is 0.278. The standard InChI is InChI=1S/C18H17BrN8O/c1-10-12-9-21-18-22-14-15(19)27(13-5-3-6-20-11(13)2)25-17(14)28-8-4-7-26(24-10)16(12)23-18/h3,5-6,9H,4,7-8H2,1-2H3,(H,21,22,23). The first-order valence-corrected chi connectivity index (χ1v) is 9.71. The van der Waals surface area contributed by atoms with E-state index in [4.69, 9.17) is 4.74 Å². The molecule has 4 aromatic rings. The molecule has 0 unspecified atom stereocenters. The minimum atomic E-state index is 0.462. The number of rotatable bonds is 1. The maximum atomic E-state index is 5.98. The van der Waals surface area contributed by atoms with Crippen molar-refractivity contribution in [2.45, 2.75) is 26.8 Å². The van der Waals surface area contributed by atoms with Gasteiger partial charge in [0, 0.05) is 25.4 Å². The van der Waals surface area contributed by atoms with Gasteiger partial charge in [-0.25, -0.2) is 14.3 Å². The number of hydrogen-bond acceptors (Lipinski definition) is 7. The number of aromatic nitrogens is 7. The van der Waals surface area contributed by atoms with Crippen LogP contribution in [0.25, 0.3) is 16.7 Å². The number of fused-ring (bicyclic) bond motifs is 2. The number of ether oxygens (including phenoxy) is 1. The number of hydrogen-bond donors (Lipinski definition) is 1. The molecule has 0 saturated carbocycles. The lowest BCUT2D eigenvalue weighted by molar-refractivity contribution is 0.288. The number of pyridine rings is 1. The van der Waals surface area contributed by atoms with E-state index >= 15 is 0 Å². The van der Waals surface area contributed by atoms with Crippen LogP contribution in [0.4, 0.5) is 11.6 Å². The van der Waals surface area contributed by atoms with Crippen molar-refractivity contribution in [1.82, 2.24) is 34.5 Å². The summed E-state index contributed by atoms with van der Waals surface area (Å²) in [6, 6.07) is 3.84. The first-order chi connectivity index (χ1) is 13.6. The van der Waals surface area contributed by atoms with Crippen LogP contribution in [0.1, 0.15) is 17.8 Å². The highest BCUT2D eigenvalue weighted by Gasteiger charge is 2.22. The Kier molecular flexibility index (Phi) is 4.00. The first kappa shape index (κ1) is 17.1. The summed E-state index contributed by atoms with van der Waals surface area (Å²) in [5.74, 6) is 0.943. The van der Waals surface area contributed by atoms with Crippen molar-refractivity contribution >= 4 is 38.6 Å². The lowest BCUT2D eigenvalue weighted by Crippen LogP contribution is -2.07. The summed E-state index contributed by atoms with van der Waals surface area (Å²) in [5, 5.41) is 13.4. The van der Waals surface area contributed by atoms with E-state index in [2.05, 4.69) is 46.4 Å². The molecule has 1 N–H and O–H groups in total. The maximum Gasteiger partial charge on any atom is 0.258 e. The van der Waals surface area contributed by atoms with Crippen molar-refractivity contribution in [2.75, 3.05) is 11.9 Å². The Balaban J connectivity index is 1.65. The third kappa shape index (κ3) is 2.71. The molecule has 28 heavy (non-hydrogen) atoms. The van der Waals surface area contributed by atoms with Crippen molar-refractivity contribution in [2.24, 2.45) is 0 Å². The summed E-state index contributed by atoms with van der Waals surface area (Å²) in [6.45, 7) is 5.12. The molecule has 9 nitrogen and oxygen atoms in total. The van der Waals surface area contributed by atoms with E-state index in [1.54, 1.807) is 17.1 Å². The Labute approximate surface area is 168 Å². The molecule has 142 valence electrons. The maximum absolute atomic E-state index is 5.98. The molecular weight excluding hydrogens is 424 g/mol. The monoisotopic (exact) mass is 440 g/mol. The second-order valence-electron chi connectivity index (χ2n) is 6.56. The normalized spacial score (nSPS) is 13.7. The van der Waals surface area contributed by atoms with Gasteiger partial charge in [-0.1, -0.05) is 0 Å². The molecule has 0 aliphatic carbocycles. The average molecular weight is 441 g/mol. The second kappa shape index (κ2) is 6.55. The predicted molar refractivity (Wildman–Crippen MR) is 107 cm³/mol. The van der Waals surface area contributed by atoms with E-state index in [0.29, 0.717) is 35.3 Å². The smallest absolute Gasteiger partial charge is 0.258 e. The van der Waals surface area contributed by atoms with Gasteiger partial charge in [-0.3, -0.25) is 4.98 Å². The van der Waals surface area contributed by atoms with Crippen molar-refractivity contribution in [3.05, 3.63) is 40.5 Å². The minimum Gasteiger partial charge on any atom is -0.475 e. The van der Waals surface area contributed by atoms with E-state index in [1.165, 1.54) is 0 Å². The minimum absolute atomic E-state index is 0.462. The molecule has 10 heteroatoms. The molecule has 0 spiro atoms. The zero-order chi connectivity index (χ0) is 19.3. The van der Waals surface area contributed by atoms with Crippen LogP contribution < -0.4 is 10.1 Å². The molecule has 0 radical (unpaired) electrons. The van der Waals surface area contributed by atoms with E-state index in [0.717, 1.165) is 34.5 Å². The number of nitrogens with one attached hydrogen (secondary N) is 1. The fourth-order valence-electron chi connectivity index (χ4n) is 3.26. The van der Waals surface area contributed by atoms with E-state index in [9.17, 15) is 0 Å². The third-order valence-corrected chi connectivity index (χ3v) is 5.40. The third-order valence-electron chi connectivity index (χ3n) is 4.67. The summed E-state index contributed by atoms with van der Waals surface area (Å²) < 4.78 is 10.4. The number of aryl methyl sites for hydroxylation is 3. The largest absolute Gasteiger partial charge is 0.475 e. The molecule has 2 bridgehead atoms. The molecule has 0 fully saturated rings. The van der Waals surface area contributed by atoms with Gasteiger partial charge in [-0.05, 0) is 41.9 Å². The van der Waals surface area contributed by atoms with Gasteiger partial charge in [0.1, 0.15) is 10.3 Å². The van der Waals surface area contributed by atoms with Gasteiger partial charge < -0.3 is 10.1 Å². The highest BCUT2D eigenvalue weighted by Crippen LogP contribution is 2.37. The quantitative estimate of drug-likeness (QED) is 0.484. The van der Waals surface area contributed by atoms with Crippen LogP contribution in [0.3, 0.4) is 0 Å². The Morgan fingerprint density at radius 3 is 2.93 bits per heavy atom. The van der Waals surface area contributed by atoms with Crippen molar-refractivity contribution in [3.63, 3.8) is 0 Å². The van der Waals surface area contributed by atoms with Gasteiger partial charge in [-0.15, -0.1) is 5.10 Å². The summed E-state index contributed by atoms with van der Waals surface area (Å²) in [7, 11) is 0. The summed E-state index contributed by atoms with van der Waals surface area (Å²) in [4.78, 5) is 13.5. The van der Waals surface area contributed by atoms with Crippen LogP contribution in [0.2, 0.25) is 0 Å². The molecule has 5 rings (SSSR count). The Morgan fingerprint density at radius 1 is 1.18 bits per heavy atom. The highest BCUT2D eigenvalue weighted by molar-refractivity contribution is 9.10. The number of nitrogens with zero attached hydrogens (tertiary/aromatic N) is 7. The van der Waals surface area contributed by atoms with Crippen LogP contribution in [0, 0.1) is 13.8 Å². The highest BCUT2D eigenvalue weighted by atomic mass is 79.9. The summed E-state index contributed by atoms with van der Waals surface area (Å²) in [5.41, 5.74) is 4.13. The second-order valence-corrected chi connectivity index (χ2v) is 7.31. The van der Waals surface area contributed by atoms with Crippen LogP contribution in [0.5, 0.6) is 5.88 Å². The number of anilines is 2. The lowest BCUT2D eigenvalue weighted by Gasteiger charge is -2.07. The molecule has 5 heterocycles. The molecule has 0 saturated heterocycles. The first-order valence-electron chi connectivity index (χ1n) is 8.92. The molecule has 1 aliphatic rings. The van der Waals surface area contributed by atoms with Gasteiger partial charge in [0.05, 0.1) is 29.1 Å². The van der Waals surface area contributed by atoms with Crippen molar-refractivity contribution in [3.8, 4) is 11.6 Å². The molecule has 0 atom stereocenters. The lowest BCUT2D eigenvalue weighted by atomic mass is 10.3. The Morgan fingerprint density at radius 2 is 2.07 bits per heavy atom. The van der Waals surface area contributed by atoms with E-state index in [-0.39, 0.29) is 0 Å². The van der Waals surface area contributed by atoms with Gasteiger partial charge >= 0.3 is 0 Å². The van der Waals surface area contributed by atoms with E-state index < -0.39 is 0 Å². The van der Waals surface area contributed by atoms with Crippen LogP contribution in [-0.2, 0) is 6.54 Å². The molecule has 0 amide bonds. The zero-order valence-corrected chi connectivity index (χ0v) is 16.9. The average Bonchev–Trinajstić information content (AvgIpc) is 3.16. The van der Waals surface area contributed by atoms with Crippen LogP contribution in [0.15, 0.2) is 29.1 Å². The zero-order valence-electron chi connectivity index (χ0n) is 15.3. The van der Waals surface area contributed by atoms with Crippen LogP contribution >= 0.6 is 15.9 Å². The SMILES string of the molecule is Cc1ncccc1-n1nc2c(c1Br)Nc1ncc3c(C)nn(c3n1)CCCO2. The molecule has 0 aromatic carbocycles. The summed E-state index contributed by atoms with van der Waals surface area (Å²) >= 11 is 3.65. The number of halogens is 1. The van der Waals surface area contributed by atoms with Crippen molar-refractivity contribution in [1.29, 1.82) is 0 Å². The molecule has 1 aliphatic heterocycles. The summed E-state index contributed by atoms with van der Waals surface area (Å²) in [6.07, 6.45) is 4.34. The van der Waals surface area contributed by atoms with Gasteiger partial charge in [-0.2, -0.15) is 10.1 Å². The van der Waals surface area contributed by atoms with Gasteiger partial charge in [0.2, 0.25) is 5.95 Å². The predicted octanol–water partition coefficient (Wildman–Crippen LogP) is 3.31. The Hall–Kier alpha value is -3.01. The van der Waals surface area contributed by atoms with Crippen LogP contribution in [-0.4, -0.2) is 41.1 Å². The fourth-order valence-corrected chi connectivity index (χ4v) is 3.80. The van der Waals surface area contributed by atoms with Crippen molar-refractivity contribution < 1.29 is 4.74 Å². The molecule has 4 aromatic heterocycles. The Bertz CT molecular complexity index is 1200. The van der Waals surface area contributed by atoms with E-state index in [1.807, 2.05) is 30.7 Å².